The van der Waals surface area contributed by atoms with E-state index in [1.807, 2.05) is 0 Å². The lowest BCUT2D eigenvalue weighted by molar-refractivity contribution is 0.0393. The van der Waals surface area contributed by atoms with Gasteiger partial charge in [-0.2, -0.15) is 0 Å². The van der Waals surface area contributed by atoms with Crippen LogP contribution in [0, 0.1) is 0 Å². The van der Waals surface area contributed by atoms with Crippen molar-refractivity contribution in [2.75, 3.05) is 39.6 Å². The number of esters is 6. The lowest BCUT2D eigenvalue weighted by Crippen LogP contribution is -2.32. The van der Waals surface area contributed by atoms with Crippen LogP contribution in [0.15, 0.2) is 0 Å². The summed E-state index contributed by atoms with van der Waals surface area (Å²) in [5, 5.41) is 0. The second-order valence-electron chi connectivity index (χ2n) is 9.07. The zero-order chi connectivity index (χ0) is 31.7. The topological polar surface area (TPSA) is 158 Å². The molecule has 0 radical (unpaired) electrons. The van der Waals surface area contributed by atoms with Gasteiger partial charge < -0.3 is 28.4 Å². The molecule has 0 amide bonds. The summed E-state index contributed by atoms with van der Waals surface area (Å²) < 4.78 is 31.7. The van der Waals surface area contributed by atoms with E-state index in [1.165, 1.54) is 0 Å². The van der Waals surface area contributed by atoms with Crippen LogP contribution in [0.2, 0.25) is 0 Å². The molecule has 234 valence electrons. The molecule has 0 bridgehead atoms. The van der Waals surface area contributed by atoms with E-state index < -0.39 is 69.2 Å². The number of carbonyl (C=O) groups excluding carboxylic acids is 6. The van der Waals surface area contributed by atoms with Gasteiger partial charge in [0.25, 0.3) is 0 Å². The summed E-state index contributed by atoms with van der Waals surface area (Å²) >= 11 is 0. The van der Waals surface area contributed by atoms with Crippen LogP contribution in [0.4, 0.5) is 0 Å². The Hall–Kier alpha value is -3.96. The Morgan fingerprint density at radius 2 is 0.429 bits per heavy atom. The number of ether oxygens (including phenoxy) is 6. The predicted octanol–water partition coefficient (Wildman–Crippen LogP) is 5.09. The number of hydrogen-bond acceptors (Lipinski definition) is 12. The predicted molar refractivity (Wildman–Crippen MR) is 150 cm³/mol. The Labute approximate surface area is 246 Å². The van der Waals surface area contributed by atoms with Crippen molar-refractivity contribution in [3.8, 4) is 0 Å². The van der Waals surface area contributed by atoms with Gasteiger partial charge in [0.15, 0.2) is 0 Å². The minimum atomic E-state index is -1.22. The van der Waals surface area contributed by atoms with Gasteiger partial charge in [0.2, 0.25) is 0 Å². The lowest BCUT2D eigenvalue weighted by Gasteiger charge is -2.22. The van der Waals surface area contributed by atoms with E-state index in [0.717, 1.165) is 0 Å². The molecule has 0 spiro atoms. The van der Waals surface area contributed by atoms with Crippen LogP contribution in [-0.2, 0) is 28.4 Å². The molecule has 0 unspecified atom stereocenters. The minimum Gasteiger partial charge on any atom is -0.462 e. The van der Waals surface area contributed by atoms with Crippen molar-refractivity contribution in [2.45, 2.75) is 80.1 Å². The molecule has 1 rings (SSSR count). The fraction of sp³-hybridized carbons (Fsp3) is 0.600. The third kappa shape index (κ3) is 9.56. The van der Waals surface area contributed by atoms with Crippen LogP contribution in [0.1, 0.15) is 142 Å². The van der Waals surface area contributed by atoms with Gasteiger partial charge in [0.1, 0.15) is 0 Å². The molecule has 0 aromatic heterocycles. The Kier molecular flexibility index (Phi) is 16.5. The van der Waals surface area contributed by atoms with Crippen molar-refractivity contribution in [1.82, 2.24) is 0 Å². The average Bonchev–Trinajstić information content (AvgIpc) is 2.99. The summed E-state index contributed by atoms with van der Waals surface area (Å²) in [4.78, 5) is 81.4. The highest BCUT2D eigenvalue weighted by atomic mass is 16.6. The molecule has 12 nitrogen and oxygen atoms in total. The van der Waals surface area contributed by atoms with Gasteiger partial charge >= 0.3 is 35.8 Å². The Morgan fingerprint density at radius 3 is 0.524 bits per heavy atom. The maximum Gasteiger partial charge on any atom is 0.339 e. The molecule has 1 aromatic carbocycles. The second-order valence-corrected chi connectivity index (χ2v) is 9.07. The van der Waals surface area contributed by atoms with Crippen LogP contribution in [0.25, 0.3) is 0 Å². The maximum atomic E-state index is 13.6. The largest absolute Gasteiger partial charge is 0.462 e. The van der Waals surface area contributed by atoms with E-state index in [0.29, 0.717) is 38.5 Å². The summed E-state index contributed by atoms with van der Waals surface area (Å²) in [6.07, 6.45) is 2.22. The summed E-state index contributed by atoms with van der Waals surface area (Å²) in [7, 11) is 0. The van der Waals surface area contributed by atoms with Crippen molar-refractivity contribution in [3.63, 3.8) is 0 Å². The van der Waals surface area contributed by atoms with Gasteiger partial charge in [-0.3, -0.25) is 0 Å². The third-order valence-electron chi connectivity index (χ3n) is 5.35. The summed E-state index contributed by atoms with van der Waals surface area (Å²) in [6, 6.07) is 0. The molecule has 0 aliphatic rings. The van der Waals surface area contributed by atoms with Crippen molar-refractivity contribution >= 4 is 35.8 Å². The van der Waals surface area contributed by atoms with E-state index >= 15 is 0 Å². The lowest BCUT2D eigenvalue weighted by atomic mass is 9.85. The van der Waals surface area contributed by atoms with Gasteiger partial charge in [-0.1, -0.05) is 41.5 Å². The van der Waals surface area contributed by atoms with Gasteiger partial charge in [-0.15, -0.1) is 0 Å². The first-order chi connectivity index (χ1) is 20.2. The van der Waals surface area contributed by atoms with E-state index in [4.69, 9.17) is 28.4 Å². The number of carbonyl (C=O) groups is 6. The summed E-state index contributed by atoms with van der Waals surface area (Å²) in [6.45, 7) is 9.53. The molecule has 0 saturated carbocycles. The Morgan fingerprint density at radius 1 is 0.310 bits per heavy atom. The average molecular weight is 595 g/mol. The van der Waals surface area contributed by atoms with Crippen molar-refractivity contribution < 1.29 is 57.2 Å². The minimum absolute atomic E-state index is 0.128. The first-order valence-corrected chi connectivity index (χ1v) is 14.4. The summed E-state index contributed by atoms with van der Waals surface area (Å²) in [5.41, 5.74) is -4.64. The zero-order valence-electron chi connectivity index (χ0n) is 25.4. The van der Waals surface area contributed by atoms with Crippen LogP contribution in [0.3, 0.4) is 0 Å². The number of hydrogen-bond donors (Lipinski definition) is 0. The smallest absolute Gasteiger partial charge is 0.339 e. The van der Waals surface area contributed by atoms with Gasteiger partial charge in [0.05, 0.1) is 73.0 Å². The van der Waals surface area contributed by atoms with Crippen molar-refractivity contribution in [2.24, 2.45) is 0 Å². The maximum absolute atomic E-state index is 13.6. The molecular weight excluding hydrogens is 552 g/mol. The Bertz CT molecular complexity index is 877. The fourth-order valence-corrected chi connectivity index (χ4v) is 3.58. The normalized spacial score (nSPS) is 10.4. The molecular formula is C30H42O12. The molecule has 42 heavy (non-hydrogen) atoms. The number of benzene rings is 1. The third-order valence-corrected chi connectivity index (χ3v) is 5.35. The molecule has 0 aliphatic carbocycles. The highest BCUT2D eigenvalue weighted by Crippen LogP contribution is 2.33. The van der Waals surface area contributed by atoms with Gasteiger partial charge in [-0.25, -0.2) is 28.8 Å². The highest BCUT2D eigenvalue weighted by Gasteiger charge is 2.43. The van der Waals surface area contributed by atoms with E-state index in [-0.39, 0.29) is 39.6 Å². The van der Waals surface area contributed by atoms with Crippen LogP contribution in [-0.4, -0.2) is 75.5 Å². The van der Waals surface area contributed by atoms with Gasteiger partial charge in [0, 0.05) is 0 Å². The van der Waals surface area contributed by atoms with Crippen LogP contribution >= 0.6 is 0 Å². The molecule has 0 atom stereocenters. The monoisotopic (exact) mass is 594 g/mol. The first kappa shape index (κ1) is 36.1. The van der Waals surface area contributed by atoms with Crippen molar-refractivity contribution in [3.05, 3.63) is 33.4 Å². The highest BCUT2D eigenvalue weighted by molar-refractivity contribution is 6.24. The van der Waals surface area contributed by atoms with E-state index in [1.54, 1.807) is 41.5 Å². The fourth-order valence-electron chi connectivity index (χ4n) is 3.58. The van der Waals surface area contributed by atoms with Crippen molar-refractivity contribution in [1.29, 1.82) is 0 Å². The standard InChI is InChI=1S/C30H42O12/c1-7-13-37-25(31)19-20(26(32)38-14-8-2)22(28(34)40-16-10-4)24(30(36)42-18-12-6)23(29(35)41-17-11-5)21(19)27(33)39-15-9-3/h7-18H2,1-6H3. The number of rotatable bonds is 18. The van der Waals surface area contributed by atoms with Crippen LogP contribution < -0.4 is 0 Å². The molecule has 1 aromatic rings. The van der Waals surface area contributed by atoms with E-state index in [9.17, 15) is 28.8 Å². The first-order valence-electron chi connectivity index (χ1n) is 14.4. The molecule has 0 saturated heterocycles. The van der Waals surface area contributed by atoms with E-state index in [2.05, 4.69) is 0 Å². The van der Waals surface area contributed by atoms with Crippen LogP contribution in [0.5, 0.6) is 0 Å². The molecule has 0 aliphatic heterocycles. The molecule has 12 heteroatoms. The molecule has 0 heterocycles. The SMILES string of the molecule is CCCOC(=O)c1c(C(=O)OCCC)c(C(=O)OCCC)c(C(=O)OCCC)c(C(=O)OCCC)c1C(=O)OCCC. The molecule has 0 N–H and O–H groups in total. The quantitative estimate of drug-likeness (QED) is 0.164. The zero-order valence-corrected chi connectivity index (χ0v) is 25.4. The summed E-state index contributed by atoms with van der Waals surface area (Å²) in [5.74, 6) is -7.30. The van der Waals surface area contributed by atoms with Gasteiger partial charge in [-0.05, 0) is 38.5 Å². The molecule has 0 fully saturated rings. The second kappa shape index (κ2) is 19.2. The Balaban J connectivity index is 4.55.